The zero-order chi connectivity index (χ0) is 29.9. The fourth-order valence-corrected chi connectivity index (χ4v) is 4.57. The van der Waals surface area contributed by atoms with Crippen molar-refractivity contribution in [2.75, 3.05) is 36.4 Å². The van der Waals surface area contributed by atoms with Gasteiger partial charge in [0.1, 0.15) is 18.0 Å². The average Bonchev–Trinajstić information content (AvgIpc) is 2.95. The Morgan fingerprint density at radius 1 is 0.905 bits per heavy atom. The molecule has 1 aliphatic rings. The zero-order valence-corrected chi connectivity index (χ0v) is 23.6. The van der Waals surface area contributed by atoms with Crippen LogP contribution in [0.2, 0.25) is 0 Å². The van der Waals surface area contributed by atoms with Crippen LogP contribution in [0.5, 0.6) is 5.75 Å². The van der Waals surface area contributed by atoms with Crippen molar-refractivity contribution in [2.45, 2.75) is 39.2 Å². The molecule has 8 nitrogen and oxygen atoms in total. The maximum absolute atomic E-state index is 14.0. The SMILES string of the molecule is CC(C)(C)OC(=O)N1CCN(c2ccc(Nc3nc(C(F)(F)F)c4cc(OCc5ccccc5)ccc4n3)cc2)CC1. The van der Waals surface area contributed by atoms with Crippen LogP contribution in [-0.4, -0.2) is 52.7 Å². The molecule has 4 aromatic rings. The number of anilines is 3. The quantitative estimate of drug-likeness (QED) is 0.263. The first-order valence-electron chi connectivity index (χ1n) is 13.6. The van der Waals surface area contributed by atoms with Crippen LogP contribution in [0.1, 0.15) is 32.0 Å². The number of carbonyl (C=O) groups is 1. The number of piperazine rings is 1. The molecular weight excluding hydrogens is 547 g/mol. The van der Waals surface area contributed by atoms with E-state index in [1.54, 1.807) is 23.1 Å². The summed E-state index contributed by atoms with van der Waals surface area (Å²) in [4.78, 5) is 24.3. The number of nitrogens with one attached hydrogen (secondary N) is 1. The van der Waals surface area contributed by atoms with Crippen molar-refractivity contribution >= 4 is 34.3 Å². The van der Waals surface area contributed by atoms with Gasteiger partial charge in [-0.3, -0.25) is 0 Å². The van der Waals surface area contributed by atoms with E-state index in [1.165, 1.54) is 12.1 Å². The lowest BCUT2D eigenvalue weighted by molar-refractivity contribution is -0.139. The van der Waals surface area contributed by atoms with Crippen molar-refractivity contribution in [3.8, 4) is 5.75 Å². The molecule has 11 heteroatoms. The van der Waals surface area contributed by atoms with Gasteiger partial charge in [0.25, 0.3) is 0 Å². The number of hydrogen-bond acceptors (Lipinski definition) is 7. The third-order valence-electron chi connectivity index (χ3n) is 6.60. The standard InChI is InChI=1S/C31H32F3N5O3/c1-30(2,3)42-29(40)39-17-15-38(16-18-39)23-11-9-22(10-12-23)35-28-36-26-14-13-24(41-20-21-7-5-4-6-8-21)19-25(26)27(37-28)31(32,33)34/h4-14,19H,15-18,20H2,1-3H3,(H,35,36,37). The lowest BCUT2D eigenvalue weighted by Crippen LogP contribution is -2.50. The molecule has 42 heavy (non-hydrogen) atoms. The number of aromatic nitrogens is 2. The number of amides is 1. The maximum atomic E-state index is 14.0. The second-order valence-corrected chi connectivity index (χ2v) is 11.0. The van der Waals surface area contributed by atoms with E-state index in [9.17, 15) is 18.0 Å². The number of benzene rings is 3. The van der Waals surface area contributed by atoms with Crippen molar-refractivity contribution in [2.24, 2.45) is 0 Å². The van der Waals surface area contributed by atoms with Gasteiger partial charge >= 0.3 is 12.3 Å². The maximum Gasteiger partial charge on any atom is 0.434 e. The van der Waals surface area contributed by atoms with E-state index in [4.69, 9.17) is 9.47 Å². The van der Waals surface area contributed by atoms with Gasteiger partial charge in [-0.05, 0) is 68.8 Å². The van der Waals surface area contributed by atoms with Gasteiger partial charge in [0.05, 0.1) is 5.52 Å². The van der Waals surface area contributed by atoms with Crippen LogP contribution in [0.25, 0.3) is 10.9 Å². The molecule has 5 rings (SSSR count). The summed E-state index contributed by atoms with van der Waals surface area (Å²) in [6.45, 7) is 8.05. The summed E-state index contributed by atoms with van der Waals surface area (Å²) in [6.07, 6.45) is -5.02. The van der Waals surface area contributed by atoms with Gasteiger partial charge in [0, 0.05) is 42.9 Å². The zero-order valence-electron chi connectivity index (χ0n) is 23.6. The molecule has 0 bridgehead atoms. The Morgan fingerprint density at radius 3 is 2.24 bits per heavy atom. The predicted molar refractivity (Wildman–Crippen MR) is 155 cm³/mol. The number of halogens is 3. The van der Waals surface area contributed by atoms with Gasteiger partial charge in [-0.15, -0.1) is 0 Å². The predicted octanol–water partition coefficient (Wildman–Crippen LogP) is 7.03. The first kappa shape index (κ1) is 29.0. The van der Waals surface area contributed by atoms with Gasteiger partial charge in [0.15, 0.2) is 5.69 Å². The molecule has 1 aliphatic heterocycles. The van der Waals surface area contributed by atoms with Crippen LogP contribution >= 0.6 is 0 Å². The molecule has 1 N–H and O–H groups in total. The highest BCUT2D eigenvalue weighted by molar-refractivity contribution is 5.84. The third kappa shape index (κ3) is 7.20. The highest BCUT2D eigenvalue weighted by Crippen LogP contribution is 2.36. The Kier molecular flexibility index (Phi) is 8.11. The number of nitrogens with zero attached hydrogens (tertiary/aromatic N) is 4. The summed E-state index contributed by atoms with van der Waals surface area (Å²) < 4.78 is 53.3. The van der Waals surface area contributed by atoms with E-state index < -0.39 is 17.5 Å². The summed E-state index contributed by atoms with van der Waals surface area (Å²) in [5.41, 5.74) is 0.931. The number of fused-ring (bicyclic) bond motifs is 1. The molecule has 3 aromatic carbocycles. The lowest BCUT2D eigenvalue weighted by atomic mass is 10.1. The van der Waals surface area contributed by atoms with Crippen LogP contribution in [0.4, 0.5) is 35.3 Å². The Labute approximate surface area is 242 Å². The minimum Gasteiger partial charge on any atom is -0.489 e. The average molecular weight is 580 g/mol. The van der Waals surface area contributed by atoms with Crippen LogP contribution in [0, 0.1) is 0 Å². The third-order valence-corrected chi connectivity index (χ3v) is 6.60. The number of hydrogen-bond donors (Lipinski definition) is 1. The van der Waals surface area contributed by atoms with Gasteiger partial charge in [-0.2, -0.15) is 13.2 Å². The lowest BCUT2D eigenvalue weighted by Gasteiger charge is -2.36. The molecule has 1 saturated heterocycles. The summed E-state index contributed by atoms with van der Waals surface area (Å²) in [7, 11) is 0. The van der Waals surface area contributed by atoms with Crippen molar-refractivity contribution < 1.29 is 27.4 Å². The summed E-state index contributed by atoms with van der Waals surface area (Å²) >= 11 is 0. The molecule has 0 saturated carbocycles. The normalized spacial score (nSPS) is 14.1. The van der Waals surface area contributed by atoms with Crippen molar-refractivity contribution in [3.63, 3.8) is 0 Å². The molecule has 1 fully saturated rings. The van der Waals surface area contributed by atoms with Crippen molar-refractivity contribution in [3.05, 3.63) is 84.1 Å². The molecule has 1 aromatic heterocycles. The Balaban J connectivity index is 1.27. The number of rotatable bonds is 6. The Bertz CT molecular complexity index is 1530. The second-order valence-electron chi connectivity index (χ2n) is 11.0. The fraction of sp³-hybridized carbons (Fsp3) is 0.323. The summed E-state index contributed by atoms with van der Waals surface area (Å²) in [5.74, 6) is 0.134. The first-order chi connectivity index (χ1) is 19.9. The van der Waals surface area contributed by atoms with E-state index in [2.05, 4.69) is 20.2 Å². The number of carbonyl (C=O) groups excluding carboxylic acids is 1. The smallest absolute Gasteiger partial charge is 0.434 e. The topological polar surface area (TPSA) is 79.8 Å². The number of alkyl halides is 3. The molecule has 0 aliphatic carbocycles. The van der Waals surface area contributed by atoms with E-state index in [0.29, 0.717) is 37.6 Å². The fourth-order valence-electron chi connectivity index (χ4n) is 4.57. The molecule has 2 heterocycles. The van der Waals surface area contributed by atoms with Crippen molar-refractivity contribution in [1.82, 2.24) is 14.9 Å². The van der Waals surface area contributed by atoms with Gasteiger partial charge < -0.3 is 24.6 Å². The molecule has 0 spiro atoms. The van der Waals surface area contributed by atoms with E-state index in [-0.39, 0.29) is 29.6 Å². The molecule has 0 atom stereocenters. The van der Waals surface area contributed by atoms with E-state index in [0.717, 1.165) is 11.3 Å². The minimum absolute atomic E-state index is 0.139. The minimum atomic E-state index is -4.69. The summed E-state index contributed by atoms with van der Waals surface area (Å²) in [6, 6.07) is 21.0. The van der Waals surface area contributed by atoms with E-state index in [1.807, 2.05) is 63.2 Å². The van der Waals surface area contributed by atoms with Crippen molar-refractivity contribution in [1.29, 1.82) is 0 Å². The first-order valence-corrected chi connectivity index (χ1v) is 13.6. The summed E-state index contributed by atoms with van der Waals surface area (Å²) in [5, 5.41) is 2.76. The Hall–Kier alpha value is -4.54. The molecule has 0 unspecified atom stereocenters. The highest BCUT2D eigenvalue weighted by atomic mass is 19.4. The van der Waals surface area contributed by atoms with Gasteiger partial charge in [0.2, 0.25) is 5.95 Å². The molecule has 220 valence electrons. The van der Waals surface area contributed by atoms with E-state index >= 15 is 0 Å². The van der Waals surface area contributed by atoms with Crippen LogP contribution < -0.4 is 15.0 Å². The largest absolute Gasteiger partial charge is 0.489 e. The number of ether oxygens (including phenoxy) is 2. The monoisotopic (exact) mass is 579 g/mol. The van der Waals surface area contributed by atoms with Gasteiger partial charge in [-0.25, -0.2) is 14.8 Å². The highest BCUT2D eigenvalue weighted by Gasteiger charge is 2.36. The van der Waals surface area contributed by atoms with Crippen LogP contribution in [0.3, 0.4) is 0 Å². The molecule has 0 radical (unpaired) electrons. The molecule has 1 amide bonds. The van der Waals surface area contributed by atoms with Gasteiger partial charge in [-0.1, -0.05) is 30.3 Å². The second kappa shape index (κ2) is 11.8. The molecular formula is C31H32F3N5O3. The Morgan fingerprint density at radius 2 is 1.60 bits per heavy atom. The van der Waals surface area contributed by atoms with Crippen LogP contribution in [-0.2, 0) is 17.5 Å². The van der Waals surface area contributed by atoms with Crippen LogP contribution in [0.15, 0.2) is 72.8 Å².